The number of halogens is 1. The van der Waals surface area contributed by atoms with E-state index in [0.29, 0.717) is 18.9 Å². The van der Waals surface area contributed by atoms with Gasteiger partial charge in [0.25, 0.3) is 5.91 Å². The third-order valence-electron chi connectivity index (χ3n) is 3.96. The normalized spacial score (nSPS) is 13.9. The Morgan fingerprint density at radius 1 is 1.32 bits per heavy atom. The second kappa shape index (κ2) is 7.29. The summed E-state index contributed by atoms with van der Waals surface area (Å²) in [6.45, 7) is 2.29. The number of hydrogen-bond donors (Lipinski definition) is 1. The minimum atomic E-state index is -0.512. The van der Waals surface area contributed by atoms with Crippen molar-refractivity contribution in [3.63, 3.8) is 0 Å². The zero-order valence-corrected chi connectivity index (χ0v) is 13.7. The summed E-state index contributed by atoms with van der Waals surface area (Å²) in [6.07, 6.45) is 1.63. The van der Waals surface area contributed by atoms with Crippen LogP contribution in [0, 0.1) is 18.7 Å². The van der Waals surface area contributed by atoms with Gasteiger partial charge in [-0.15, -0.1) is 0 Å². The second-order valence-corrected chi connectivity index (χ2v) is 5.92. The highest BCUT2D eigenvalue weighted by atomic mass is 19.1. The highest BCUT2D eigenvalue weighted by Crippen LogP contribution is 2.19. The van der Waals surface area contributed by atoms with Crippen molar-refractivity contribution in [3.8, 4) is 5.75 Å². The summed E-state index contributed by atoms with van der Waals surface area (Å²) in [4.78, 5) is 29.7. The highest BCUT2D eigenvalue weighted by Gasteiger charge is 2.35. The van der Waals surface area contributed by atoms with E-state index >= 15 is 0 Å². The monoisotopic (exact) mass is 343 g/mol. The van der Waals surface area contributed by atoms with Crippen molar-refractivity contribution in [1.29, 1.82) is 0 Å². The number of carbonyl (C=O) groups is 2. The molecule has 2 aromatic rings. The van der Waals surface area contributed by atoms with E-state index in [1.165, 1.54) is 17.0 Å². The number of ether oxygens (including phenoxy) is 1. The lowest BCUT2D eigenvalue weighted by Gasteiger charge is -2.38. The summed E-state index contributed by atoms with van der Waals surface area (Å²) in [5, 5.41) is 2.74. The van der Waals surface area contributed by atoms with Crippen LogP contribution in [0.2, 0.25) is 0 Å². The summed E-state index contributed by atoms with van der Waals surface area (Å²) < 4.78 is 18.6. The largest absolute Gasteiger partial charge is 0.481 e. The molecule has 25 heavy (non-hydrogen) atoms. The fraction of sp³-hybridized carbons (Fsp3) is 0.278. The molecular weight excluding hydrogens is 325 g/mol. The number of para-hydroxylation sites is 1. The lowest BCUT2D eigenvalue weighted by molar-refractivity contribution is -0.143. The van der Waals surface area contributed by atoms with E-state index in [1.54, 1.807) is 24.4 Å². The van der Waals surface area contributed by atoms with Crippen LogP contribution in [-0.4, -0.2) is 41.4 Å². The maximum atomic E-state index is 13.4. The Hall–Kier alpha value is -2.96. The third kappa shape index (κ3) is 4.12. The van der Waals surface area contributed by atoms with Gasteiger partial charge in [-0.05, 0) is 36.8 Å². The average molecular weight is 343 g/mol. The molecule has 0 bridgehead atoms. The highest BCUT2D eigenvalue weighted by molar-refractivity contribution is 5.94. The van der Waals surface area contributed by atoms with Crippen LogP contribution in [0.1, 0.15) is 5.56 Å². The molecule has 1 N–H and O–H groups in total. The second-order valence-electron chi connectivity index (χ2n) is 5.92. The first-order valence-electron chi connectivity index (χ1n) is 7.91. The van der Waals surface area contributed by atoms with Gasteiger partial charge in [-0.1, -0.05) is 12.1 Å². The minimum absolute atomic E-state index is 0.0381. The lowest BCUT2D eigenvalue weighted by atomic mass is 9.99. The molecule has 1 aromatic carbocycles. The molecule has 1 fully saturated rings. The van der Waals surface area contributed by atoms with Crippen LogP contribution >= 0.6 is 0 Å². The molecular formula is C18H18FN3O3. The number of anilines is 1. The van der Waals surface area contributed by atoms with E-state index in [2.05, 4.69) is 10.3 Å². The number of aromatic nitrogens is 1. The number of likely N-dealkylation sites (tertiary alicyclic amines) is 1. The molecule has 1 aliphatic heterocycles. The number of hydrogen-bond acceptors (Lipinski definition) is 4. The Balaban J connectivity index is 1.44. The van der Waals surface area contributed by atoms with Crippen LogP contribution in [0.5, 0.6) is 5.75 Å². The molecule has 1 aromatic heterocycles. The van der Waals surface area contributed by atoms with Gasteiger partial charge in [0.2, 0.25) is 5.91 Å². The summed E-state index contributed by atoms with van der Waals surface area (Å²) in [7, 11) is 0. The zero-order valence-electron chi connectivity index (χ0n) is 13.7. The van der Waals surface area contributed by atoms with Gasteiger partial charge < -0.3 is 15.0 Å². The van der Waals surface area contributed by atoms with E-state index in [0.717, 1.165) is 5.56 Å². The first kappa shape index (κ1) is 16.9. The quantitative estimate of drug-likeness (QED) is 0.901. The van der Waals surface area contributed by atoms with E-state index in [-0.39, 0.29) is 30.1 Å². The maximum absolute atomic E-state index is 13.4. The van der Waals surface area contributed by atoms with Crippen LogP contribution < -0.4 is 10.1 Å². The van der Waals surface area contributed by atoms with E-state index in [9.17, 15) is 14.0 Å². The smallest absolute Gasteiger partial charge is 0.260 e. The predicted octanol–water partition coefficient (Wildman–Crippen LogP) is 2.01. The standard InChI is InChI=1S/C18H18FN3O3/c1-12-6-7-20-16(8-12)21-18(24)13-9-22(10-13)17(23)11-25-15-5-3-2-4-14(15)19/h2-8,13H,9-11H2,1H3,(H,20,21,24). The maximum Gasteiger partial charge on any atom is 0.260 e. The van der Waals surface area contributed by atoms with Gasteiger partial charge in [0.15, 0.2) is 18.2 Å². The van der Waals surface area contributed by atoms with Crippen molar-refractivity contribution in [2.75, 3.05) is 25.0 Å². The van der Waals surface area contributed by atoms with Gasteiger partial charge in [0, 0.05) is 19.3 Å². The summed E-state index contributed by atoms with van der Waals surface area (Å²) in [5.74, 6) is -0.700. The fourth-order valence-electron chi connectivity index (χ4n) is 2.47. The van der Waals surface area contributed by atoms with Crippen molar-refractivity contribution in [2.24, 2.45) is 5.92 Å². The molecule has 1 saturated heterocycles. The third-order valence-corrected chi connectivity index (χ3v) is 3.96. The Kier molecular flexibility index (Phi) is 4.92. The Labute approximate surface area is 144 Å². The number of nitrogens with zero attached hydrogens (tertiary/aromatic N) is 2. The van der Waals surface area contributed by atoms with Crippen molar-refractivity contribution in [2.45, 2.75) is 6.92 Å². The summed E-state index contributed by atoms with van der Waals surface area (Å²) in [5.41, 5.74) is 1.00. The Morgan fingerprint density at radius 3 is 2.80 bits per heavy atom. The van der Waals surface area contributed by atoms with Gasteiger partial charge in [-0.2, -0.15) is 0 Å². The van der Waals surface area contributed by atoms with Gasteiger partial charge in [0.05, 0.1) is 5.92 Å². The fourth-order valence-corrected chi connectivity index (χ4v) is 2.47. The number of nitrogens with one attached hydrogen (secondary N) is 1. The van der Waals surface area contributed by atoms with Crippen LogP contribution in [0.4, 0.5) is 10.2 Å². The molecule has 0 unspecified atom stereocenters. The summed E-state index contributed by atoms with van der Waals surface area (Å²) in [6, 6.07) is 9.53. The predicted molar refractivity (Wildman–Crippen MR) is 89.6 cm³/mol. The van der Waals surface area contributed by atoms with Gasteiger partial charge >= 0.3 is 0 Å². The Morgan fingerprint density at radius 2 is 2.08 bits per heavy atom. The number of benzene rings is 1. The SMILES string of the molecule is Cc1ccnc(NC(=O)C2CN(C(=O)COc3ccccc3F)C2)c1. The van der Waals surface area contributed by atoms with Crippen molar-refractivity contribution in [3.05, 3.63) is 54.0 Å². The molecule has 0 radical (unpaired) electrons. The Bertz CT molecular complexity index is 791. The van der Waals surface area contributed by atoms with Crippen molar-refractivity contribution < 1.29 is 18.7 Å². The first-order chi connectivity index (χ1) is 12.0. The molecule has 0 saturated carbocycles. The van der Waals surface area contributed by atoms with Gasteiger partial charge in [-0.25, -0.2) is 9.37 Å². The molecule has 7 heteroatoms. The van der Waals surface area contributed by atoms with Gasteiger partial charge in [-0.3, -0.25) is 9.59 Å². The van der Waals surface area contributed by atoms with Crippen LogP contribution in [0.3, 0.4) is 0 Å². The lowest BCUT2D eigenvalue weighted by Crippen LogP contribution is -2.55. The average Bonchev–Trinajstić information content (AvgIpc) is 2.52. The van der Waals surface area contributed by atoms with Crippen molar-refractivity contribution >= 4 is 17.6 Å². The van der Waals surface area contributed by atoms with E-state index < -0.39 is 5.82 Å². The molecule has 2 heterocycles. The molecule has 0 aliphatic carbocycles. The van der Waals surface area contributed by atoms with Crippen LogP contribution in [0.25, 0.3) is 0 Å². The number of amides is 2. The molecule has 0 atom stereocenters. The molecule has 3 rings (SSSR count). The molecule has 2 amide bonds. The number of aryl methyl sites for hydroxylation is 1. The zero-order chi connectivity index (χ0) is 17.8. The topological polar surface area (TPSA) is 71.5 Å². The van der Waals surface area contributed by atoms with Crippen LogP contribution in [-0.2, 0) is 9.59 Å². The summed E-state index contributed by atoms with van der Waals surface area (Å²) >= 11 is 0. The van der Waals surface area contributed by atoms with Crippen molar-refractivity contribution in [1.82, 2.24) is 9.88 Å². The number of rotatable bonds is 5. The van der Waals surface area contributed by atoms with E-state index in [4.69, 9.17) is 4.74 Å². The molecule has 130 valence electrons. The van der Waals surface area contributed by atoms with Crippen LogP contribution in [0.15, 0.2) is 42.6 Å². The van der Waals surface area contributed by atoms with E-state index in [1.807, 2.05) is 13.0 Å². The molecule has 1 aliphatic rings. The number of carbonyl (C=O) groups excluding carboxylic acids is 2. The number of pyridine rings is 1. The van der Waals surface area contributed by atoms with Gasteiger partial charge in [0.1, 0.15) is 5.82 Å². The minimum Gasteiger partial charge on any atom is -0.481 e. The molecule has 6 nitrogen and oxygen atoms in total. The molecule has 0 spiro atoms. The first-order valence-corrected chi connectivity index (χ1v) is 7.91.